The van der Waals surface area contributed by atoms with E-state index in [0.29, 0.717) is 26.3 Å². The Kier molecular flexibility index (Phi) is 5.87. The standard InChI is InChI=1S/C10H17BrN2O4/c1-12-9(14)8-6-17-4-3-13(8)5-7(11)10(15)16-2/h7-8H,3-6H2,1-2H3,(H,12,14). The first kappa shape index (κ1) is 14.4. The first-order chi connectivity index (χ1) is 8.10. The fourth-order valence-corrected chi connectivity index (χ4v) is 2.23. The summed E-state index contributed by atoms with van der Waals surface area (Å²) in [5.41, 5.74) is 0. The number of likely N-dealkylation sites (N-methyl/N-ethyl adjacent to an activating group) is 1. The zero-order chi connectivity index (χ0) is 12.8. The predicted octanol–water partition coefficient (Wildman–Crippen LogP) is -0.630. The molecule has 0 saturated carbocycles. The van der Waals surface area contributed by atoms with Crippen molar-refractivity contribution in [3.8, 4) is 0 Å². The second kappa shape index (κ2) is 6.93. The number of alkyl halides is 1. The van der Waals surface area contributed by atoms with Crippen molar-refractivity contribution < 1.29 is 19.1 Å². The van der Waals surface area contributed by atoms with Crippen molar-refractivity contribution >= 4 is 27.8 Å². The number of nitrogens with zero attached hydrogens (tertiary/aromatic N) is 1. The van der Waals surface area contributed by atoms with Crippen molar-refractivity contribution in [2.24, 2.45) is 0 Å². The van der Waals surface area contributed by atoms with Crippen LogP contribution in [0.15, 0.2) is 0 Å². The van der Waals surface area contributed by atoms with Gasteiger partial charge in [0.1, 0.15) is 10.9 Å². The molecular weight excluding hydrogens is 292 g/mol. The predicted molar refractivity (Wildman–Crippen MR) is 65.0 cm³/mol. The van der Waals surface area contributed by atoms with E-state index in [1.165, 1.54) is 7.11 Å². The lowest BCUT2D eigenvalue weighted by Crippen LogP contribution is -2.55. The fourth-order valence-electron chi connectivity index (χ4n) is 1.67. The van der Waals surface area contributed by atoms with E-state index >= 15 is 0 Å². The molecular formula is C10H17BrN2O4. The zero-order valence-electron chi connectivity index (χ0n) is 9.94. The second-order valence-electron chi connectivity index (χ2n) is 3.69. The van der Waals surface area contributed by atoms with Gasteiger partial charge in [-0.05, 0) is 0 Å². The quantitative estimate of drug-likeness (QED) is 0.553. The molecule has 1 aliphatic heterocycles. The molecule has 1 saturated heterocycles. The summed E-state index contributed by atoms with van der Waals surface area (Å²) in [6.07, 6.45) is 0. The largest absolute Gasteiger partial charge is 0.468 e. The Balaban J connectivity index is 2.59. The maximum atomic E-state index is 11.6. The van der Waals surface area contributed by atoms with Gasteiger partial charge in [-0.3, -0.25) is 14.5 Å². The lowest BCUT2D eigenvalue weighted by atomic mass is 10.2. The number of amides is 1. The number of ether oxygens (including phenoxy) is 2. The van der Waals surface area contributed by atoms with E-state index in [1.54, 1.807) is 7.05 Å². The van der Waals surface area contributed by atoms with Gasteiger partial charge in [0, 0.05) is 20.1 Å². The minimum Gasteiger partial charge on any atom is -0.468 e. The van der Waals surface area contributed by atoms with Crippen molar-refractivity contribution in [3.05, 3.63) is 0 Å². The smallest absolute Gasteiger partial charge is 0.320 e. The molecule has 1 aliphatic rings. The summed E-state index contributed by atoms with van der Waals surface area (Å²) in [6.45, 7) is 1.96. The van der Waals surface area contributed by atoms with Gasteiger partial charge in [-0.2, -0.15) is 0 Å². The molecule has 1 fully saturated rings. The minimum atomic E-state index is -0.433. The van der Waals surface area contributed by atoms with Crippen LogP contribution in [0, 0.1) is 0 Å². The third-order valence-electron chi connectivity index (χ3n) is 2.64. The summed E-state index contributed by atoms with van der Waals surface area (Å²) < 4.78 is 9.90. The summed E-state index contributed by atoms with van der Waals surface area (Å²) in [6, 6.07) is -0.349. The Morgan fingerprint density at radius 3 is 2.94 bits per heavy atom. The van der Waals surface area contributed by atoms with Gasteiger partial charge in [0.15, 0.2) is 0 Å². The Hall–Kier alpha value is -0.660. The van der Waals surface area contributed by atoms with Gasteiger partial charge in [-0.1, -0.05) is 15.9 Å². The van der Waals surface area contributed by atoms with Gasteiger partial charge in [0.2, 0.25) is 5.91 Å². The highest BCUT2D eigenvalue weighted by molar-refractivity contribution is 9.10. The van der Waals surface area contributed by atoms with E-state index < -0.39 is 4.83 Å². The number of hydrogen-bond acceptors (Lipinski definition) is 5. The number of carbonyl (C=O) groups is 2. The van der Waals surface area contributed by atoms with Crippen LogP contribution in [-0.4, -0.2) is 68.1 Å². The van der Waals surface area contributed by atoms with Gasteiger partial charge < -0.3 is 14.8 Å². The average molecular weight is 309 g/mol. The molecule has 0 aromatic rings. The van der Waals surface area contributed by atoms with Crippen LogP contribution in [0.3, 0.4) is 0 Å². The molecule has 0 aromatic heterocycles. The molecule has 0 aromatic carbocycles. The number of esters is 1. The molecule has 2 atom stereocenters. The van der Waals surface area contributed by atoms with Gasteiger partial charge in [-0.25, -0.2) is 0 Å². The summed E-state index contributed by atoms with van der Waals surface area (Å²) in [4.78, 5) is 24.4. The number of halogens is 1. The highest BCUT2D eigenvalue weighted by Crippen LogP contribution is 2.12. The molecule has 1 rings (SSSR count). The molecule has 0 aliphatic carbocycles. The monoisotopic (exact) mass is 308 g/mol. The van der Waals surface area contributed by atoms with Gasteiger partial charge in [-0.15, -0.1) is 0 Å². The molecule has 98 valence electrons. The van der Waals surface area contributed by atoms with Crippen LogP contribution in [0.1, 0.15) is 0 Å². The third-order valence-corrected chi connectivity index (χ3v) is 3.30. The van der Waals surface area contributed by atoms with Crippen LogP contribution in [0.2, 0.25) is 0 Å². The zero-order valence-corrected chi connectivity index (χ0v) is 11.5. The number of morpholine rings is 1. The number of hydrogen-bond donors (Lipinski definition) is 1. The maximum absolute atomic E-state index is 11.6. The Bertz CT molecular complexity index is 287. The van der Waals surface area contributed by atoms with E-state index in [2.05, 4.69) is 26.0 Å². The number of rotatable bonds is 4. The molecule has 7 heteroatoms. The summed E-state index contributed by atoms with van der Waals surface area (Å²) in [7, 11) is 2.92. The Labute approximate surface area is 109 Å². The van der Waals surface area contributed by atoms with Crippen LogP contribution in [0.5, 0.6) is 0 Å². The highest BCUT2D eigenvalue weighted by Gasteiger charge is 2.31. The van der Waals surface area contributed by atoms with E-state index in [9.17, 15) is 9.59 Å². The van der Waals surface area contributed by atoms with E-state index in [4.69, 9.17) is 4.74 Å². The third kappa shape index (κ3) is 3.93. The van der Waals surface area contributed by atoms with Crippen LogP contribution in [0.4, 0.5) is 0 Å². The average Bonchev–Trinajstić information content (AvgIpc) is 2.37. The molecule has 0 spiro atoms. The molecule has 0 bridgehead atoms. The topological polar surface area (TPSA) is 67.9 Å². The number of methoxy groups -OCH3 is 1. The van der Waals surface area contributed by atoms with Crippen molar-refractivity contribution in [1.82, 2.24) is 10.2 Å². The van der Waals surface area contributed by atoms with E-state index in [0.717, 1.165) is 0 Å². The van der Waals surface area contributed by atoms with Crippen molar-refractivity contribution in [3.63, 3.8) is 0 Å². The Morgan fingerprint density at radius 1 is 1.65 bits per heavy atom. The molecule has 0 radical (unpaired) electrons. The number of nitrogens with one attached hydrogen (secondary N) is 1. The molecule has 1 heterocycles. The SMILES string of the molecule is CNC(=O)C1COCCN1CC(Br)C(=O)OC. The first-order valence-electron chi connectivity index (χ1n) is 5.35. The lowest BCUT2D eigenvalue weighted by molar-refractivity contribution is -0.142. The summed E-state index contributed by atoms with van der Waals surface area (Å²) in [5, 5.41) is 2.59. The normalized spacial score (nSPS) is 22.9. The first-order valence-corrected chi connectivity index (χ1v) is 6.27. The summed E-state index contributed by atoms with van der Waals surface area (Å²) in [5.74, 6) is -0.443. The van der Waals surface area contributed by atoms with E-state index in [1.807, 2.05) is 4.90 Å². The van der Waals surface area contributed by atoms with Gasteiger partial charge in [0.05, 0.1) is 20.3 Å². The second-order valence-corrected chi connectivity index (χ2v) is 4.80. The number of carbonyl (C=O) groups excluding carboxylic acids is 2. The van der Waals surface area contributed by atoms with Crippen molar-refractivity contribution in [2.45, 2.75) is 10.9 Å². The Morgan fingerprint density at radius 2 is 2.35 bits per heavy atom. The van der Waals surface area contributed by atoms with Gasteiger partial charge >= 0.3 is 5.97 Å². The van der Waals surface area contributed by atoms with Crippen LogP contribution < -0.4 is 5.32 Å². The van der Waals surface area contributed by atoms with Crippen molar-refractivity contribution in [1.29, 1.82) is 0 Å². The molecule has 6 nitrogen and oxygen atoms in total. The summed E-state index contributed by atoms with van der Waals surface area (Å²) >= 11 is 3.25. The van der Waals surface area contributed by atoms with Crippen LogP contribution in [-0.2, 0) is 19.1 Å². The van der Waals surface area contributed by atoms with Crippen LogP contribution >= 0.6 is 15.9 Å². The molecule has 17 heavy (non-hydrogen) atoms. The van der Waals surface area contributed by atoms with Crippen LogP contribution in [0.25, 0.3) is 0 Å². The lowest BCUT2D eigenvalue weighted by Gasteiger charge is -2.34. The maximum Gasteiger partial charge on any atom is 0.320 e. The highest BCUT2D eigenvalue weighted by atomic mass is 79.9. The van der Waals surface area contributed by atoms with Gasteiger partial charge in [0.25, 0.3) is 0 Å². The molecule has 2 unspecified atom stereocenters. The van der Waals surface area contributed by atoms with E-state index in [-0.39, 0.29) is 17.9 Å². The van der Waals surface area contributed by atoms with Crippen molar-refractivity contribution in [2.75, 3.05) is 40.5 Å². The minimum absolute atomic E-state index is 0.103. The molecule has 1 N–H and O–H groups in total. The molecule has 1 amide bonds. The fraction of sp³-hybridized carbons (Fsp3) is 0.800.